The summed E-state index contributed by atoms with van der Waals surface area (Å²) in [5, 5.41) is 11.9. The van der Waals surface area contributed by atoms with Gasteiger partial charge < -0.3 is 15.2 Å². The van der Waals surface area contributed by atoms with Crippen LogP contribution in [0.5, 0.6) is 0 Å². The molecule has 2 rings (SSSR count). The molecule has 0 spiro atoms. The summed E-state index contributed by atoms with van der Waals surface area (Å²) in [6.07, 6.45) is 1.63. The molecule has 9 heteroatoms. The summed E-state index contributed by atoms with van der Waals surface area (Å²) in [7, 11) is -2.09. The Labute approximate surface area is 159 Å². The normalized spacial score (nSPS) is 17.4. The van der Waals surface area contributed by atoms with Crippen LogP contribution < -0.4 is 5.32 Å². The number of ether oxygens (including phenoxy) is 1. The van der Waals surface area contributed by atoms with Gasteiger partial charge in [0.05, 0.1) is 10.5 Å². The highest BCUT2D eigenvalue weighted by molar-refractivity contribution is 7.89. The van der Waals surface area contributed by atoms with Crippen LogP contribution in [-0.2, 0) is 19.6 Å². The van der Waals surface area contributed by atoms with Crippen molar-refractivity contribution in [1.82, 2.24) is 9.62 Å². The van der Waals surface area contributed by atoms with Gasteiger partial charge in [-0.1, -0.05) is 0 Å². The highest BCUT2D eigenvalue weighted by Crippen LogP contribution is 2.24. The molecular weight excluding hydrogens is 372 g/mol. The zero-order valence-electron chi connectivity index (χ0n) is 15.6. The molecule has 1 heterocycles. The van der Waals surface area contributed by atoms with Gasteiger partial charge in [0, 0.05) is 38.8 Å². The molecule has 150 valence electrons. The highest BCUT2D eigenvalue weighted by Gasteiger charge is 2.32. The Kier molecular flexibility index (Phi) is 7.34. The minimum Gasteiger partial charge on any atom is -0.478 e. The molecule has 0 bridgehead atoms. The molecule has 1 fully saturated rings. The van der Waals surface area contributed by atoms with E-state index in [2.05, 4.69) is 5.32 Å². The number of piperidine rings is 1. The highest BCUT2D eigenvalue weighted by atomic mass is 32.2. The second-order valence-electron chi connectivity index (χ2n) is 6.70. The summed E-state index contributed by atoms with van der Waals surface area (Å²) < 4.78 is 31.8. The lowest BCUT2D eigenvalue weighted by Gasteiger charge is -2.31. The smallest absolute Gasteiger partial charge is 0.335 e. The second kappa shape index (κ2) is 9.29. The minimum absolute atomic E-state index is 0.00645. The zero-order chi connectivity index (χ0) is 20.0. The fourth-order valence-electron chi connectivity index (χ4n) is 3.00. The number of rotatable bonds is 8. The number of nitrogens with zero attached hydrogens (tertiary/aromatic N) is 1. The van der Waals surface area contributed by atoms with E-state index in [4.69, 9.17) is 9.84 Å². The third-order valence-corrected chi connectivity index (χ3v) is 6.62. The molecule has 0 saturated carbocycles. The van der Waals surface area contributed by atoms with Crippen molar-refractivity contribution in [3.63, 3.8) is 0 Å². The van der Waals surface area contributed by atoms with Gasteiger partial charge in [0.2, 0.25) is 15.9 Å². The fourth-order valence-corrected chi connectivity index (χ4v) is 4.47. The van der Waals surface area contributed by atoms with Gasteiger partial charge in [0.1, 0.15) is 0 Å². The number of hydrogen-bond acceptors (Lipinski definition) is 5. The number of methoxy groups -OCH3 is 1. The lowest BCUT2D eigenvalue weighted by atomic mass is 9.97. The third-order valence-electron chi connectivity index (χ3n) is 4.71. The fraction of sp³-hybridized carbons (Fsp3) is 0.556. The van der Waals surface area contributed by atoms with Crippen LogP contribution >= 0.6 is 0 Å². The summed E-state index contributed by atoms with van der Waals surface area (Å²) in [5.41, 5.74) is 0.0342. The van der Waals surface area contributed by atoms with E-state index in [9.17, 15) is 18.0 Å². The summed E-state index contributed by atoms with van der Waals surface area (Å²) in [6, 6.07) is 5.16. The number of sulfonamides is 1. The molecule has 0 radical (unpaired) electrons. The van der Waals surface area contributed by atoms with E-state index in [0.717, 1.165) is 6.42 Å². The van der Waals surface area contributed by atoms with E-state index in [1.807, 2.05) is 6.92 Å². The second-order valence-corrected chi connectivity index (χ2v) is 8.64. The van der Waals surface area contributed by atoms with Crippen LogP contribution in [0.3, 0.4) is 0 Å². The maximum Gasteiger partial charge on any atom is 0.335 e. The maximum atomic E-state index is 12.7. The van der Waals surface area contributed by atoms with Crippen molar-refractivity contribution in [2.24, 2.45) is 5.92 Å². The van der Waals surface area contributed by atoms with E-state index in [-0.39, 0.29) is 41.4 Å². The first-order valence-corrected chi connectivity index (χ1v) is 10.3. The van der Waals surface area contributed by atoms with E-state index < -0.39 is 16.0 Å². The lowest BCUT2D eigenvalue weighted by Crippen LogP contribution is -2.44. The number of amides is 1. The number of carboxylic acids is 1. The standard InChI is InChI=1S/C18H26N2O6S/c1-13(9-12-26-2)19-17(21)14-7-10-20(11-8-14)27(24,25)16-5-3-15(4-6-16)18(22)23/h3-6,13-14H,7-12H2,1-2H3,(H,19,21)(H,22,23). The average molecular weight is 398 g/mol. The van der Waals surface area contributed by atoms with Crippen molar-refractivity contribution < 1.29 is 27.9 Å². The maximum absolute atomic E-state index is 12.7. The summed E-state index contributed by atoms with van der Waals surface area (Å²) in [4.78, 5) is 23.3. The summed E-state index contributed by atoms with van der Waals surface area (Å²) in [5.74, 6) is -1.37. The van der Waals surface area contributed by atoms with Crippen molar-refractivity contribution in [1.29, 1.82) is 0 Å². The van der Waals surface area contributed by atoms with Crippen LogP contribution in [0.25, 0.3) is 0 Å². The van der Waals surface area contributed by atoms with Gasteiger partial charge in [-0.15, -0.1) is 0 Å². The average Bonchev–Trinajstić information content (AvgIpc) is 2.66. The van der Waals surface area contributed by atoms with Crippen molar-refractivity contribution in [2.45, 2.75) is 37.1 Å². The number of nitrogens with one attached hydrogen (secondary N) is 1. The molecule has 1 aliphatic heterocycles. The van der Waals surface area contributed by atoms with E-state index in [1.165, 1.54) is 28.6 Å². The molecular formula is C18H26N2O6S. The first kappa shape index (κ1) is 21.3. The molecule has 1 atom stereocenters. The Morgan fingerprint density at radius 2 is 1.85 bits per heavy atom. The van der Waals surface area contributed by atoms with Crippen molar-refractivity contribution in [2.75, 3.05) is 26.8 Å². The largest absolute Gasteiger partial charge is 0.478 e. The van der Waals surface area contributed by atoms with Gasteiger partial charge in [-0.3, -0.25) is 4.79 Å². The Morgan fingerprint density at radius 3 is 2.37 bits per heavy atom. The molecule has 1 aliphatic rings. The van der Waals surface area contributed by atoms with Gasteiger partial charge >= 0.3 is 5.97 Å². The van der Waals surface area contributed by atoms with Gasteiger partial charge in [-0.25, -0.2) is 13.2 Å². The first-order chi connectivity index (χ1) is 12.8. The number of carboxylic acid groups (broad SMARTS) is 1. The molecule has 2 N–H and O–H groups in total. The Balaban J connectivity index is 1.93. The molecule has 1 aromatic rings. The first-order valence-electron chi connectivity index (χ1n) is 8.88. The molecule has 1 aromatic carbocycles. The predicted octanol–water partition coefficient (Wildman–Crippen LogP) is 1.33. The van der Waals surface area contributed by atoms with Gasteiger partial charge in [0.15, 0.2) is 0 Å². The predicted molar refractivity (Wildman–Crippen MR) is 99.0 cm³/mol. The topological polar surface area (TPSA) is 113 Å². The molecule has 27 heavy (non-hydrogen) atoms. The number of carbonyl (C=O) groups is 2. The Hall–Kier alpha value is -1.97. The van der Waals surface area contributed by atoms with Gasteiger partial charge in [-0.2, -0.15) is 4.31 Å². The molecule has 0 aromatic heterocycles. The Bertz CT molecular complexity index is 755. The van der Waals surface area contributed by atoms with Crippen LogP contribution in [0.4, 0.5) is 0 Å². The quantitative estimate of drug-likeness (QED) is 0.683. The van der Waals surface area contributed by atoms with Crippen molar-refractivity contribution in [3.8, 4) is 0 Å². The number of aromatic carboxylic acids is 1. The minimum atomic E-state index is -3.70. The molecule has 1 amide bonds. The SMILES string of the molecule is COCCC(C)NC(=O)C1CCN(S(=O)(=O)c2ccc(C(=O)O)cc2)CC1. The van der Waals surface area contributed by atoms with E-state index in [0.29, 0.717) is 19.4 Å². The number of hydrogen-bond donors (Lipinski definition) is 2. The number of carbonyl (C=O) groups excluding carboxylic acids is 1. The van der Waals surface area contributed by atoms with Crippen LogP contribution in [-0.4, -0.2) is 62.6 Å². The number of benzene rings is 1. The van der Waals surface area contributed by atoms with Crippen LogP contribution in [0.2, 0.25) is 0 Å². The molecule has 1 unspecified atom stereocenters. The lowest BCUT2D eigenvalue weighted by molar-refractivity contribution is -0.126. The monoisotopic (exact) mass is 398 g/mol. The van der Waals surface area contributed by atoms with Gasteiger partial charge in [-0.05, 0) is 50.5 Å². The summed E-state index contributed by atoms with van der Waals surface area (Å²) in [6.45, 7) is 3.00. The van der Waals surface area contributed by atoms with Crippen molar-refractivity contribution in [3.05, 3.63) is 29.8 Å². The molecule has 8 nitrogen and oxygen atoms in total. The summed E-state index contributed by atoms with van der Waals surface area (Å²) >= 11 is 0. The Morgan fingerprint density at radius 1 is 1.26 bits per heavy atom. The van der Waals surface area contributed by atoms with Gasteiger partial charge in [0.25, 0.3) is 0 Å². The third kappa shape index (κ3) is 5.50. The molecule has 0 aliphatic carbocycles. The van der Waals surface area contributed by atoms with Crippen LogP contribution in [0.15, 0.2) is 29.2 Å². The van der Waals surface area contributed by atoms with Crippen LogP contribution in [0.1, 0.15) is 36.5 Å². The molecule has 1 saturated heterocycles. The van der Waals surface area contributed by atoms with E-state index in [1.54, 1.807) is 7.11 Å². The van der Waals surface area contributed by atoms with Crippen molar-refractivity contribution >= 4 is 21.9 Å². The van der Waals surface area contributed by atoms with Crippen LogP contribution in [0, 0.1) is 5.92 Å². The zero-order valence-corrected chi connectivity index (χ0v) is 16.4. The van der Waals surface area contributed by atoms with E-state index >= 15 is 0 Å².